The summed E-state index contributed by atoms with van der Waals surface area (Å²) in [6.07, 6.45) is 1.44. The Labute approximate surface area is 76.3 Å². The molecule has 0 heterocycles. The van der Waals surface area contributed by atoms with Crippen LogP contribution in [0.3, 0.4) is 0 Å². The van der Waals surface area contributed by atoms with Crippen LogP contribution in [0.25, 0.3) is 0 Å². The molecule has 0 unspecified atom stereocenters. The summed E-state index contributed by atoms with van der Waals surface area (Å²) in [7, 11) is 4.33. The zero-order valence-electron chi connectivity index (χ0n) is 8.56. The Morgan fingerprint density at radius 1 is 1.09 bits per heavy atom. The summed E-state index contributed by atoms with van der Waals surface area (Å²) in [6.45, 7) is 6.05. The Hall–Kier alpha value is 0.503. The Morgan fingerprint density at radius 2 is 1.64 bits per heavy atom. The van der Waals surface area contributed by atoms with Crippen LogP contribution in [0.1, 0.15) is 20.3 Å². The quantitative estimate of drug-likeness (QED) is 0.617. The van der Waals surface area contributed by atoms with Crippen LogP contribution in [0.15, 0.2) is 0 Å². The zero-order chi connectivity index (χ0) is 8.69. The zero-order valence-corrected chi connectivity index (χ0v) is 11.0. The van der Waals surface area contributed by atoms with Crippen molar-refractivity contribution in [2.45, 2.75) is 36.0 Å². The van der Waals surface area contributed by atoms with Crippen molar-refractivity contribution >= 4 is 14.3 Å². The van der Waals surface area contributed by atoms with Crippen molar-refractivity contribution in [2.24, 2.45) is 0 Å². The van der Waals surface area contributed by atoms with Gasteiger partial charge in [-0.2, -0.15) is 0 Å². The van der Waals surface area contributed by atoms with Crippen LogP contribution in [0.4, 0.5) is 0 Å². The first-order valence-corrected chi connectivity index (χ1v) is 9.99. The molecule has 0 bridgehead atoms. The van der Waals surface area contributed by atoms with E-state index in [-0.39, 0.29) is 0 Å². The molecule has 0 aliphatic rings. The topological polar surface area (TPSA) is 3.24 Å². The van der Waals surface area contributed by atoms with Crippen LogP contribution in [-0.2, 0) is 0 Å². The van der Waals surface area contributed by atoms with Gasteiger partial charge in [-0.1, -0.05) is 0 Å². The van der Waals surface area contributed by atoms with Crippen LogP contribution in [0.5, 0.6) is 0 Å². The summed E-state index contributed by atoms with van der Waals surface area (Å²) in [5.74, 6) is 0. The van der Waals surface area contributed by atoms with Crippen molar-refractivity contribution in [3.8, 4) is 0 Å². The van der Waals surface area contributed by atoms with E-state index in [1.807, 2.05) is 0 Å². The Morgan fingerprint density at radius 3 is 2.00 bits per heavy atom. The third kappa shape index (κ3) is 6.88. The molecule has 1 nitrogen and oxygen atoms in total. The van der Waals surface area contributed by atoms with Gasteiger partial charge in [0.25, 0.3) is 0 Å². The molecule has 2 heteroatoms. The molecule has 0 amide bonds. The Bertz CT molecular complexity index is 79.6. The van der Waals surface area contributed by atoms with Crippen LogP contribution in [-0.4, -0.2) is 39.9 Å². The van der Waals surface area contributed by atoms with Gasteiger partial charge in [-0.05, 0) is 0 Å². The molecule has 0 saturated heterocycles. The van der Waals surface area contributed by atoms with Crippen molar-refractivity contribution in [2.75, 3.05) is 20.6 Å². The van der Waals surface area contributed by atoms with Crippen molar-refractivity contribution < 1.29 is 0 Å². The number of rotatable bonds is 6. The molecule has 0 saturated carbocycles. The van der Waals surface area contributed by atoms with E-state index in [9.17, 15) is 0 Å². The van der Waals surface area contributed by atoms with E-state index < -0.39 is 14.3 Å². The molecule has 0 aliphatic carbocycles. The number of hydrogen-bond acceptors (Lipinski definition) is 1. The van der Waals surface area contributed by atoms with Gasteiger partial charge in [-0.25, -0.2) is 0 Å². The predicted molar refractivity (Wildman–Crippen MR) is 56.1 cm³/mol. The third-order valence-corrected chi connectivity index (χ3v) is 9.79. The van der Waals surface area contributed by atoms with Gasteiger partial charge in [0.15, 0.2) is 0 Å². The molecule has 0 fully saturated rings. The standard InChI is InChI=1S/C9H23GeN/c1-5-10(6-2)8-7-9-11(3)4/h10H,5-9H2,1-4H3. The first kappa shape index (κ1) is 11.5. The molecule has 0 spiro atoms. The monoisotopic (exact) mass is 219 g/mol. The minimum absolute atomic E-state index is 0.713. The van der Waals surface area contributed by atoms with Gasteiger partial charge in [-0.3, -0.25) is 0 Å². The summed E-state index contributed by atoms with van der Waals surface area (Å²) in [5, 5.41) is 4.67. The van der Waals surface area contributed by atoms with Gasteiger partial charge >= 0.3 is 75.9 Å². The van der Waals surface area contributed by atoms with Crippen molar-refractivity contribution in [3.05, 3.63) is 0 Å². The summed E-state index contributed by atoms with van der Waals surface area (Å²) in [6, 6.07) is 0. The molecular formula is C9H23GeN. The van der Waals surface area contributed by atoms with Gasteiger partial charge in [0, 0.05) is 0 Å². The fraction of sp³-hybridized carbons (Fsp3) is 1.00. The van der Waals surface area contributed by atoms with Gasteiger partial charge < -0.3 is 0 Å². The van der Waals surface area contributed by atoms with E-state index in [2.05, 4.69) is 32.8 Å². The van der Waals surface area contributed by atoms with Crippen molar-refractivity contribution in [1.29, 1.82) is 0 Å². The summed E-state index contributed by atoms with van der Waals surface area (Å²) in [5.41, 5.74) is 0. The van der Waals surface area contributed by atoms with Gasteiger partial charge in [0.05, 0.1) is 0 Å². The van der Waals surface area contributed by atoms with Crippen molar-refractivity contribution in [1.82, 2.24) is 4.90 Å². The Kier molecular flexibility index (Phi) is 7.50. The molecule has 0 aliphatic heterocycles. The van der Waals surface area contributed by atoms with Gasteiger partial charge in [-0.15, -0.1) is 0 Å². The maximum absolute atomic E-state index is 2.38. The normalized spacial score (nSPS) is 11.5. The van der Waals surface area contributed by atoms with Gasteiger partial charge in [0.1, 0.15) is 0 Å². The average molecular weight is 218 g/mol. The number of nitrogens with zero attached hydrogens (tertiary/aromatic N) is 1. The van der Waals surface area contributed by atoms with E-state index >= 15 is 0 Å². The summed E-state index contributed by atoms with van der Waals surface area (Å²) < 4.78 is 0. The summed E-state index contributed by atoms with van der Waals surface area (Å²) in [4.78, 5) is 2.30. The molecule has 0 aromatic carbocycles. The Balaban J connectivity index is 3.21. The fourth-order valence-corrected chi connectivity index (χ4v) is 5.91. The van der Waals surface area contributed by atoms with E-state index in [0.29, 0.717) is 0 Å². The minimum atomic E-state index is -0.713. The van der Waals surface area contributed by atoms with Crippen molar-refractivity contribution in [3.63, 3.8) is 0 Å². The molecule has 0 aromatic heterocycles. The first-order valence-electron chi connectivity index (χ1n) is 4.85. The SMILES string of the molecule is C[CH2][GeH]([CH2]C)[CH2]CCN(C)C. The van der Waals surface area contributed by atoms with Crippen LogP contribution in [0, 0.1) is 0 Å². The molecule has 68 valence electrons. The van der Waals surface area contributed by atoms with E-state index in [1.165, 1.54) is 23.5 Å². The summed E-state index contributed by atoms with van der Waals surface area (Å²) >= 11 is -0.713. The second-order valence-electron chi connectivity index (χ2n) is 3.63. The molecular weight excluding hydrogens is 195 g/mol. The molecule has 11 heavy (non-hydrogen) atoms. The second kappa shape index (κ2) is 7.17. The van der Waals surface area contributed by atoms with E-state index in [0.717, 1.165) is 0 Å². The van der Waals surface area contributed by atoms with Crippen LogP contribution >= 0.6 is 0 Å². The van der Waals surface area contributed by atoms with Crippen LogP contribution in [0.2, 0.25) is 15.8 Å². The predicted octanol–water partition coefficient (Wildman–Crippen LogP) is 2.21. The molecule has 0 radical (unpaired) electrons. The molecule has 0 atom stereocenters. The van der Waals surface area contributed by atoms with Crippen LogP contribution < -0.4 is 0 Å². The fourth-order valence-electron chi connectivity index (χ4n) is 1.39. The van der Waals surface area contributed by atoms with E-state index in [1.54, 1.807) is 5.25 Å². The molecule has 0 rings (SSSR count). The molecule has 0 aromatic rings. The van der Waals surface area contributed by atoms with E-state index in [4.69, 9.17) is 0 Å². The van der Waals surface area contributed by atoms with Gasteiger partial charge in [0.2, 0.25) is 0 Å². The second-order valence-corrected chi connectivity index (χ2v) is 11.9. The first-order chi connectivity index (χ1) is 5.20. The third-order valence-electron chi connectivity index (χ3n) is 2.37. The number of hydrogen-bond donors (Lipinski definition) is 0. The maximum atomic E-state index is 2.38. The molecule has 0 N–H and O–H groups in total. The average Bonchev–Trinajstić information content (AvgIpc) is 1.98.